The highest BCUT2D eigenvalue weighted by molar-refractivity contribution is 9.10. The minimum Gasteiger partial charge on any atom is -0.298 e. The van der Waals surface area contributed by atoms with E-state index in [2.05, 4.69) is 26.0 Å². The zero-order valence-corrected chi connectivity index (χ0v) is 13.4. The van der Waals surface area contributed by atoms with E-state index in [1.807, 2.05) is 12.1 Å². The number of aldehydes is 1. The van der Waals surface area contributed by atoms with E-state index in [-0.39, 0.29) is 0 Å². The molecule has 5 heteroatoms. The molecule has 21 heavy (non-hydrogen) atoms. The maximum Gasteiger partial charge on any atom is 0.153 e. The van der Waals surface area contributed by atoms with E-state index in [0.717, 1.165) is 35.1 Å². The van der Waals surface area contributed by atoms with Gasteiger partial charge in [-0.15, -0.1) is 0 Å². The van der Waals surface area contributed by atoms with E-state index in [1.165, 1.54) is 25.7 Å². The molecule has 0 N–H and O–H groups in total. The van der Waals surface area contributed by atoms with Gasteiger partial charge in [0, 0.05) is 22.8 Å². The van der Waals surface area contributed by atoms with Crippen molar-refractivity contribution in [1.82, 2.24) is 14.8 Å². The van der Waals surface area contributed by atoms with Crippen LogP contribution in [0.15, 0.2) is 29.0 Å². The molecule has 1 aliphatic rings. The van der Waals surface area contributed by atoms with Crippen LogP contribution in [0.25, 0.3) is 5.82 Å². The highest BCUT2D eigenvalue weighted by Crippen LogP contribution is 2.32. The van der Waals surface area contributed by atoms with Crippen molar-refractivity contribution in [1.29, 1.82) is 0 Å². The Labute approximate surface area is 132 Å². The van der Waals surface area contributed by atoms with Crippen molar-refractivity contribution < 1.29 is 4.79 Å². The molecule has 0 amide bonds. The van der Waals surface area contributed by atoms with Gasteiger partial charge in [0.2, 0.25) is 0 Å². The van der Waals surface area contributed by atoms with Gasteiger partial charge in [0.25, 0.3) is 0 Å². The first-order valence-corrected chi connectivity index (χ1v) is 8.24. The maximum absolute atomic E-state index is 11.4. The van der Waals surface area contributed by atoms with Gasteiger partial charge in [0.05, 0.1) is 11.3 Å². The normalized spacial score (nSPS) is 16.6. The largest absolute Gasteiger partial charge is 0.298 e. The number of carbonyl (C=O) groups excluding carboxylic acids is 1. The molecule has 1 saturated carbocycles. The average Bonchev–Trinajstić information content (AvgIpc) is 2.75. The number of nitrogens with zero attached hydrogens (tertiary/aromatic N) is 3. The highest BCUT2D eigenvalue weighted by Gasteiger charge is 2.21. The molecule has 0 aliphatic heterocycles. The summed E-state index contributed by atoms with van der Waals surface area (Å²) in [6.07, 6.45) is 11.8. The van der Waals surface area contributed by atoms with Crippen LogP contribution in [0, 0.1) is 0 Å². The van der Waals surface area contributed by atoms with Crippen molar-refractivity contribution in [3.8, 4) is 5.82 Å². The van der Waals surface area contributed by atoms with Crippen LogP contribution in [-0.4, -0.2) is 21.1 Å². The van der Waals surface area contributed by atoms with Crippen molar-refractivity contribution >= 4 is 22.2 Å². The Morgan fingerprint density at radius 2 is 1.95 bits per heavy atom. The lowest BCUT2D eigenvalue weighted by Gasteiger charge is -2.11. The van der Waals surface area contributed by atoms with Crippen LogP contribution in [-0.2, 0) is 0 Å². The smallest absolute Gasteiger partial charge is 0.153 e. The third-order valence-corrected chi connectivity index (χ3v) is 4.56. The Bertz CT molecular complexity index is 613. The van der Waals surface area contributed by atoms with Crippen molar-refractivity contribution in [3.05, 3.63) is 40.3 Å². The van der Waals surface area contributed by atoms with E-state index < -0.39 is 0 Å². The summed E-state index contributed by atoms with van der Waals surface area (Å²) in [7, 11) is 0. The summed E-state index contributed by atoms with van der Waals surface area (Å²) < 4.78 is 2.65. The SMILES string of the molecule is O=Cc1cn(-c2ccc(Br)cn2)nc1C1CCCCCC1. The molecule has 110 valence electrons. The second-order valence-corrected chi connectivity index (χ2v) is 6.47. The van der Waals surface area contributed by atoms with Crippen molar-refractivity contribution in [2.24, 2.45) is 0 Å². The van der Waals surface area contributed by atoms with Gasteiger partial charge >= 0.3 is 0 Å². The Morgan fingerprint density at radius 1 is 1.19 bits per heavy atom. The van der Waals surface area contributed by atoms with E-state index >= 15 is 0 Å². The van der Waals surface area contributed by atoms with Crippen LogP contribution >= 0.6 is 15.9 Å². The first-order valence-electron chi connectivity index (χ1n) is 7.44. The fraction of sp³-hybridized carbons (Fsp3) is 0.438. The Morgan fingerprint density at radius 3 is 2.57 bits per heavy atom. The second-order valence-electron chi connectivity index (χ2n) is 5.56. The molecule has 2 aromatic rings. The lowest BCUT2D eigenvalue weighted by Crippen LogP contribution is -2.03. The molecule has 0 atom stereocenters. The molecule has 1 fully saturated rings. The second kappa shape index (κ2) is 6.52. The summed E-state index contributed by atoms with van der Waals surface area (Å²) >= 11 is 3.37. The highest BCUT2D eigenvalue weighted by atomic mass is 79.9. The Balaban J connectivity index is 1.93. The lowest BCUT2D eigenvalue weighted by molar-refractivity contribution is 0.112. The van der Waals surface area contributed by atoms with Gasteiger partial charge in [0.15, 0.2) is 12.1 Å². The predicted molar refractivity (Wildman–Crippen MR) is 84.9 cm³/mol. The summed E-state index contributed by atoms with van der Waals surface area (Å²) in [5.74, 6) is 1.14. The molecular weight excluding hydrogens is 330 g/mol. The van der Waals surface area contributed by atoms with E-state index in [1.54, 1.807) is 17.1 Å². The third-order valence-electron chi connectivity index (χ3n) is 4.09. The lowest BCUT2D eigenvalue weighted by atomic mass is 9.94. The van der Waals surface area contributed by atoms with Crippen molar-refractivity contribution in [2.45, 2.75) is 44.4 Å². The van der Waals surface area contributed by atoms with E-state index in [4.69, 9.17) is 0 Å². The first-order chi connectivity index (χ1) is 10.3. The summed E-state index contributed by atoms with van der Waals surface area (Å²) in [6.45, 7) is 0. The van der Waals surface area contributed by atoms with E-state index in [9.17, 15) is 4.79 Å². The fourth-order valence-electron chi connectivity index (χ4n) is 2.98. The first kappa shape index (κ1) is 14.4. The maximum atomic E-state index is 11.4. The fourth-order valence-corrected chi connectivity index (χ4v) is 3.22. The number of rotatable bonds is 3. The molecule has 0 aromatic carbocycles. The standard InChI is InChI=1S/C16H18BrN3O/c17-14-7-8-15(18-9-14)20-10-13(11-21)16(19-20)12-5-3-1-2-4-6-12/h7-12H,1-6H2. The van der Waals surface area contributed by atoms with Crippen molar-refractivity contribution in [3.63, 3.8) is 0 Å². The van der Waals surface area contributed by atoms with Crippen LogP contribution in [0.5, 0.6) is 0 Å². The molecule has 0 saturated heterocycles. The van der Waals surface area contributed by atoms with E-state index in [0.29, 0.717) is 11.5 Å². The third kappa shape index (κ3) is 3.23. The number of hydrogen-bond acceptors (Lipinski definition) is 3. The number of halogens is 1. The minimum absolute atomic E-state index is 0.407. The zero-order chi connectivity index (χ0) is 14.7. The molecule has 0 bridgehead atoms. The molecule has 3 rings (SSSR count). The monoisotopic (exact) mass is 347 g/mol. The number of pyridine rings is 1. The Hall–Kier alpha value is -1.49. The topological polar surface area (TPSA) is 47.8 Å². The van der Waals surface area contributed by atoms with Crippen LogP contribution in [0.4, 0.5) is 0 Å². The molecule has 2 aromatic heterocycles. The molecule has 0 unspecified atom stereocenters. The summed E-state index contributed by atoms with van der Waals surface area (Å²) in [5, 5.41) is 4.65. The predicted octanol–water partition coefficient (Wildman–Crippen LogP) is 4.28. The number of carbonyl (C=O) groups is 1. The molecule has 1 aliphatic carbocycles. The van der Waals surface area contributed by atoms with Crippen LogP contribution in [0.2, 0.25) is 0 Å². The van der Waals surface area contributed by atoms with Gasteiger partial charge in [-0.3, -0.25) is 4.79 Å². The molecule has 2 heterocycles. The molecule has 0 spiro atoms. The van der Waals surface area contributed by atoms with Gasteiger partial charge in [-0.1, -0.05) is 25.7 Å². The number of hydrogen-bond donors (Lipinski definition) is 0. The van der Waals surface area contributed by atoms with Gasteiger partial charge in [-0.2, -0.15) is 5.10 Å². The Kier molecular flexibility index (Phi) is 4.48. The summed E-state index contributed by atoms with van der Waals surface area (Å²) in [5.41, 5.74) is 1.64. The number of aromatic nitrogens is 3. The van der Waals surface area contributed by atoms with Gasteiger partial charge in [-0.25, -0.2) is 9.67 Å². The zero-order valence-electron chi connectivity index (χ0n) is 11.8. The molecule has 0 radical (unpaired) electrons. The van der Waals surface area contributed by atoms with Crippen molar-refractivity contribution in [2.75, 3.05) is 0 Å². The quantitative estimate of drug-likeness (QED) is 0.614. The molecular formula is C16H18BrN3O. The summed E-state index contributed by atoms with van der Waals surface area (Å²) in [4.78, 5) is 15.7. The van der Waals surface area contributed by atoms with Crippen LogP contribution in [0.3, 0.4) is 0 Å². The van der Waals surface area contributed by atoms with Crippen LogP contribution in [0.1, 0.15) is 60.5 Å². The van der Waals surface area contributed by atoms with Crippen LogP contribution < -0.4 is 0 Å². The summed E-state index contributed by atoms with van der Waals surface area (Å²) in [6, 6.07) is 3.82. The van der Waals surface area contributed by atoms with Gasteiger partial charge in [-0.05, 0) is 40.9 Å². The molecule has 4 nitrogen and oxygen atoms in total. The minimum atomic E-state index is 0.407. The average molecular weight is 348 g/mol. The van der Waals surface area contributed by atoms with Gasteiger partial charge in [0.1, 0.15) is 0 Å². The van der Waals surface area contributed by atoms with Gasteiger partial charge < -0.3 is 0 Å².